The van der Waals surface area contributed by atoms with E-state index in [0.717, 1.165) is 6.42 Å². The van der Waals surface area contributed by atoms with Gasteiger partial charge in [-0.3, -0.25) is 0 Å². The van der Waals surface area contributed by atoms with Gasteiger partial charge in [-0.15, -0.1) is 0 Å². The first-order valence-corrected chi connectivity index (χ1v) is 5.65. The van der Waals surface area contributed by atoms with E-state index >= 15 is 0 Å². The Kier molecular flexibility index (Phi) is 6.75. The van der Waals surface area contributed by atoms with Crippen LogP contribution in [0.1, 0.15) is 53.4 Å². The van der Waals surface area contributed by atoms with Crippen molar-refractivity contribution >= 4 is 0 Å². The molecule has 0 saturated carbocycles. The standard InChI is InChI=1S/C12H25N/c1-6-10-13(11(5)7-2)12(8-3)9-4/h12H,5-10H2,1-4H3. The lowest BCUT2D eigenvalue weighted by Crippen LogP contribution is -2.33. The number of rotatable bonds is 7. The van der Waals surface area contributed by atoms with Crippen LogP contribution in [-0.2, 0) is 0 Å². The van der Waals surface area contributed by atoms with Crippen molar-refractivity contribution in [3.05, 3.63) is 12.3 Å². The summed E-state index contributed by atoms with van der Waals surface area (Å²) in [5.74, 6) is 0. The quantitative estimate of drug-likeness (QED) is 0.580. The van der Waals surface area contributed by atoms with Gasteiger partial charge in [-0.1, -0.05) is 34.3 Å². The summed E-state index contributed by atoms with van der Waals surface area (Å²) in [5, 5.41) is 0. The molecular formula is C12H25N. The molecule has 0 unspecified atom stereocenters. The zero-order chi connectivity index (χ0) is 10.3. The van der Waals surface area contributed by atoms with Gasteiger partial charge < -0.3 is 4.90 Å². The van der Waals surface area contributed by atoms with Gasteiger partial charge in [-0.2, -0.15) is 0 Å². The fourth-order valence-corrected chi connectivity index (χ4v) is 1.77. The Bertz CT molecular complexity index is 136. The van der Waals surface area contributed by atoms with Gasteiger partial charge in [0.25, 0.3) is 0 Å². The lowest BCUT2D eigenvalue weighted by Gasteiger charge is -2.33. The molecule has 78 valence electrons. The molecule has 0 aromatic rings. The number of hydrogen-bond acceptors (Lipinski definition) is 1. The Hall–Kier alpha value is -0.460. The second-order valence-corrected chi connectivity index (χ2v) is 3.58. The first-order valence-electron chi connectivity index (χ1n) is 5.65. The zero-order valence-corrected chi connectivity index (χ0v) is 9.77. The van der Waals surface area contributed by atoms with E-state index in [0.29, 0.717) is 6.04 Å². The number of allylic oxidation sites excluding steroid dienone is 1. The molecule has 0 amide bonds. The second kappa shape index (κ2) is 6.99. The van der Waals surface area contributed by atoms with Gasteiger partial charge in [0.2, 0.25) is 0 Å². The molecule has 0 N–H and O–H groups in total. The molecule has 0 bridgehead atoms. The molecular weight excluding hydrogens is 158 g/mol. The normalized spacial score (nSPS) is 10.5. The third-order valence-corrected chi connectivity index (χ3v) is 2.66. The maximum absolute atomic E-state index is 4.13. The molecule has 0 aliphatic heterocycles. The molecule has 0 rings (SSSR count). The van der Waals surface area contributed by atoms with E-state index in [4.69, 9.17) is 0 Å². The first-order chi connectivity index (χ1) is 6.21. The molecule has 0 fully saturated rings. The monoisotopic (exact) mass is 183 g/mol. The lowest BCUT2D eigenvalue weighted by atomic mass is 10.1. The van der Waals surface area contributed by atoms with Crippen molar-refractivity contribution in [2.24, 2.45) is 0 Å². The maximum Gasteiger partial charge on any atom is 0.0281 e. The topological polar surface area (TPSA) is 3.24 Å². The highest BCUT2D eigenvalue weighted by Gasteiger charge is 2.13. The van der Waals surface area contributed by atoms with Crippen LogP contribution in [0.25, 0.3) is 0 Å². The molecule has 13 heavy (non-hydrogen) atoms. The molecule has 0 saturated heterocycles. The molecule has 0 atom stereocenters. The summed E-state index contributed by atoms with van der Waals surface area (Å²) in [5.41, 5.74) is 1.30. The molecule has 0 aliphatic rings. The SMILES string of the molecule is C=C(CC)N(CCC)C(CC)CC. The molecule has 0 spiro atoms. The maximum atomic E-state index is 4.13. The summed E-state index contributed by atoms with van der Waals surface area (Å²) in [7, 11) is 0. The first kappa shape index (κ1) is 12.5. The van der Waals surface area contributed by atoms with Crippen molar-refractivity contribution < 1.29 is 0 Å². The number of nitrogens with zero attached hydrogens (tertiary/aromatic N) is 1. The van der Waals surface area contributed by atoms with Gasteiger partial charge in [0.05, 0.1) is 0 Å². The third-order valence-electron chi connectivity index (χ3n) is 2.66. The summed E-state index contributed by atoms with van der Waals surface area (Å²) in [6, 6.07) is 0.701. The highest BCUT2D eigenvalue weighted by atomic mass is 15.2. The average Bonchev–Trinajstić information content (AvgIpc) is 2.17. The van der Waals surface area contributed by atoms with Crippen LogP contribution < -0.4 is 0 Å². The van der Waals surface area contributed by atoms with Crippen molar-refractivity contribution in [3.8, 4) is 0 Å². The Morgan fingerprint density at radius 1 is 1.15 bits per heavy atom. The minimum Gasteiger partial charge on any atom is -0.372 e. The highest BCUT2D eigenvalue weighted by Crippen LogP contribution is 2.16. The lowest BCUT2D eigenvalue weighted by molar-refractivity contribution is 0.234. The van der Waals surface area contributed by atoms with Crippen LogP contribution in [-0.4, -0.2) is 17.5 Å². The van der Waals surface area contributed by atoms with Gasteiger partial charge in [-0.25, -0.2) is 0 Å². The predicted molar refractivity (Wildman–Crippen MR) is 60.8 cm³/mol. The van der Waals surface area contributed by atoms with E-state index in [1.807, 2.05) is 0 Å². The zero-order valence-electron chi connectivity index (χ0n) is 9.77. The number of hydrogen-bond donors (Lipinski definition) is 0. The van der Waals surface area contributed by atoms with E-state index in [-0.39, 0.29) is 0 Å². The Balaban J connectivity index is 4.28. The van der Waals surface area contributed by atoms with Crippen molar-refractivity contribution in [3.63, 3.8) is 0 Å². The molecule has 1 heteroatoms. The van der Waals surface area contributed by atoms with Crippen molar-refractivity contribution in [1.29, 1.82) is 0 Å². The minimum absolute atomic E-state index is 0.701. The minimum atomic E-state index is 0.701. The Morgan fingerprint density at radius 2 is 1.69 bits per heavy atom. The van der Waals surface area contributed by atoms with Crippen molar-refractivity contribution in [2.75, 3.05) is 6.54 Å². The fourth-order valence-electron chi connectivity index (χ4n) is 1.77. The van der Waals surface area contributed by atoms with Crippen LogP contribution in [0.3, 0.4) is 0 Å². The molecule has 0 aromatic heterocycles. The molecule has 0 aromatic carbocycles. The van der Waals surface area contributed by atoms with Gasteiger partial charge in [-0.05, 0) is 25.7 Å². The summed E-state index contributed by atoms with van der Waals surface area (Å²) in [4.78, 5) is 2.49. The van der Waals surface area contributed by atoms with Gasteiger partial charge in [0.1, 0.15) is 0 Å². The van der Waals surface area contributed by atoms with E-state index in [9.17, 15) is 0 Å². The largest absolute Gasteiger partial charge is 0.372 e. The summed E-state index contributed by atoms with van der Waals surface area (Å²) >= 11 is 0. The van der Waals surface area contributed by atoms with Gasteiger partial charge in [0.15, 0.2) is 0 Å². The fraction of sp³-hybridized carbons (Fsp3) is 0.833. The van der Waals surface area contributed by atoms with E-state index in [1.165, 1.54) is 31.5 Å². The summed E-state index contributed by atoms with van der Waals surface area (Å²) in [6.45, 7) is 14.3. The Morgan fingerprint density at radius 3 is 2.00 bits per heavy atom. The molecule has 0 aliphatic carbocycles. The molecule has 0 radical (unpaired) electrons. The second-order valence-electron chi connectivity index (χ2n) is 3.58. The van der Waals surface area contributed by atoms with Crippen molar-refractivity contribution in [2.45, 2.75) is 59.4 Å². The third kappa shape index (κ3) is 3.84. The van der Waals surface area contributed by atoms with Gasteiger partial charge in [0, 0.05) is 18.3 Å². The predicted octanol–water partition coefficient (Wildman–Crippen LogP) is 3.81. The van der Waals surface area contributed by atoms with Crippen LogP contribution in [0.5, 0.6) is 0 Å². The van der Waals surface area contributed by atoms with Crippen molar-refractivity contribution in [1.82, 2.24) is 4.90 Å². The summed E-state index contributed by atoms with van der Waals surface area (Å²) < 4.78 is 0. The van der Waals surface area contributed by atoms with E-state index in [1.54, 1.807) is 0 Å². The van der Waals surface area contributed by atoms with Crippen LogP contribution in [0, 0.1) is 0 Å². The summed E-state index contributed by atoms with van der Waals surface area (Å²) in [6.07, 6.45) is 4.76. The van der Waals surface area contributed by atoms with Crippen LogP contribution in [0.4, 0.5) is 0 Å². The van der Waals surface area contributed by atoms with E-state index < -0.39 is 0 Å². The molecule has 1 nitrogen and oxygen atoms in total. The van der Waals surface area contributed by atoms with Crippen LogP contribution in [0.15, 0.2) is 12.3 Å². The van der Waals surface area contributed by atoms with Crippen LogP contribution >= 0.6 is 0 Å². The van der Waals surface area contributed by atoms with Crippen LogP contribution in [0.2, 0.25) is 0 Å². The Labute approximate surface area is 83.8 Å². The molecule has 0 heterocycles. The average molecular weight is 183 g/mol. The van der Waals surface area contributed by atoms with E-state index in [2.05, 4.69) is 39.2 Å². The smallest absolute Gasteiger partial charge is 0.0281 e. The highest BCUT2D eigenvalue weighted by molar-refractivity contribution is 4.95. The van der Waals surface area contributed by atoms with Gasteiger partial charge >= 0.3 is 0 Å².